The lowest BCUT2D eigenvalue weighted by molar-refractivity contribution is -0.110. The third-order valence-electron chi connectivity index (χ3n) is 2.11. The van der Waals surface area contributed by atoms with Gasteiger partial charge in [-0.05, 0) is 24.8 Å². The minimum absolute atomic E-state index is 0.212. The van der Waals surface area contributed by atoms with E-state index >= 15 is 0 Å². The summed E-state index contributed by atoms with van der Waals surface area (Å²) in [4.78, 5) is 10.1. The summed E-state index contributed by atoms with van der Waals surface area (Å²) in [6, 6.07) is 10.2. The van der Waals surface area contributed by atoms with Gasteiger partial charge in [-0.3, -0.25) is 4.79 Å². The Bertz CT molecular complexity index is 261. The van der Waals surface area contributed by atoms with E-state index in [2.05, 4.69) is 17.4 Å². The largest absolute Gasteiger partial charge is 0.344 e. The van der Waals surface area contributed by atoms with Crippen molar-refractivity contribution in [2.75, 3.05) is 0 Å². The molecule has 0 saturated carbocycles. The molecule has 0 aliphatic rings. The Morgan fingerprint density at radius 3 is 2.71 bits per heavy atom. The molecule has 3 nitrogen and oxygen atoms in total. The van der Waals surface area contributed by atoms with Crippen molar-refractivity contribution < 1.29 is 4.79 Å². The summed E-state index contributed by atoms with van der Waals surface area (Å²) >= 11 is 0. The maximum Gasteiger partial charge on any atom is 0.208 e. The summed E-state index contributed by atoms with van der Waals surface area (Å²) in [5.41, 5.74) is 6.92. The standard InChI is InChI=1S/C11H16N2O/c12-11(13-9-14)8-4-7-10-5-2-1-3-6-10/h1-3,5-6,9,11H,4,7-8,12H2,(H,13,14). The molecule has 0 bridgehead atoms. The van der Waals surface area contributed by atoms with E-state index in [1.165, 1.54) is 5.56 Å². The van der Waals surface area contributed by atoms with Crippen molar-refractivity contribution in [2.24, 2.45) is 5.73 Å². The first-order valence-corrected chi connectivity index (χ1v) is 4.82. The second-order valence-corrected chi connectivity index (χ2v) is 3.27. The molecule has 0 radical (unpaired) electrons. The van der Waals surface area contributed by atoms with Crippen molar-refractivity contribution in [1.82, 2.24) is 5.32 Å². The van der Waals surface area contributed by atoms with Gasteiger partial charge in [0.1, 0.15) is 0 Å². The Morgan fingerprint density at radius 1 is 1.36 bits per heavy atom. The quantitative estimate of drug-likeness (QED) is 0.522. The van der Waals surface area contributed by atoms with Crippen LogP contribution in [0.3, 0.4) is 0 Å². The van der Waals surface area contributed by atoms with E-state index in [1.807, 2.05) is 18.2 Å². The molecule has 14 heavy (non-hydrogen) atoms. The normalized spacial score (nSPS) is 12.1. The summed E-state index contributed by atoms with van der Waals surface area (Å²) in [5, 5.41) is 2.53. The zero-order valence-corrected chi connectivity index (χ0v) is 8.15. The minimum Gasteiger partial charge on any atom is -0.344 e. The van der Waals surface area contributed by atoms with Crippen LogP contribution >= 0.6 is 0 Å². The van der Waals surface area contributed by atoms with E-state index in [-0.39, 0.29) is 6.17 Å². The molecule has 1 aromatic rings. The SMILES string of the molecule is NC(CCCc1ccccc1)NC=O. The van der Waals surface area contributed by atoms with Crippen LogP contribution in [0.1, 0.15) is 18.4 Å². The monoisotopic (exact) mass is 192 g/mol. The third kappa shape index (κ3) is 4.05. The lowest BCUT2D eigenvalue weighted by atomic mass is 10.1. The average molecular weight is 192 g/mol. The first-order chi connectivity index (χ1) is 6.83. The van der Waals surface area contributed by atoms with Crippen LogP contribution in [0.25, 0.3) is 0 Å². The number of carbonyl (C=O) groups is 1. The summed E-state index contributed by atoms with van der Waals surface area (Å²) in [6.07, 6.45) is 3.25. The van der Waals surface area contributed by atoms with Crippen LogP contribution in [0.4, 0.5) is 0 Å². The Labute approximate surface area is 84.3 Å². The topological polar surface area (TPSA) is 55.1 Å². The van der Waals surface area contributed by atoms with Crippen LogP contribution in [0, 0.1) is 0 Å². The fourth-order valence-electron chi connectivity index (χ4n) is 1.34. The maximum absolute atomic E-state index is 10.1. The smallest absolute Gasteiger partial charge is 0.208 e. The van der Waals surface area contributed by atoms with E-state index in [1.54, 1.807) is 0 Å². The van der Waals surface area contributed by atoms with Crippen molar-refractivity contribution in [1.29, 1.82) is 0 Å². The highest BCUT2D eigenvalue weighted by atomic mass is 16.1. The Kier molecular flexibility index (Phi) is 4.72. The molecule has 1 rings (SSSR count). The number of hydrogen-bond donors (Lipinski definition) is 2. The van der Waals surface area contributed by atoms with E-state index < -0.39 is 0 Å². The minimum atomic E-state index is -0.212. The maximum atomic E-state index is 10.1. The van der Waals surface area contributed by atoms with Gasteiger partial charge in [-0.1, -0.05) is 30.3 Å². The molecule has 0 aliphatic carbocycles. The first kappa shape index (κ1) is 10.7. The van der Waals surface area contributed by atoms with Gasteiger partial charge in [0.15, 0.2) is 0 Å². The fourth-order valence-corrected chi connectivity index (χ4v) is 1.34. The number of nitrogens with two attached hydrogens (primary N) is 1. The predicted molar refractivity (Wildman–Crippen MR) is 56.6 cm³/mol. The van der Waals surface area contributed by atoms with Gasteiger partial charge in [-0.2, -0.15) is 0 Å². The van der Waals surface area contributed by atoms with Gasteiger partial charge in [0.2, 0.25) is 6.41 Å². The summed E-state index contributed by atoms with van der Waals surface area (Å²) in [5.74, 6) is 0. The van der Waals surface area contributed by atoms with Crippen LogP contribution in [0.5, 0.6) is 0 Å². The molecule has 1 atom stereocenters. The second-order valence-electron chi connectivity index (χ2n) is 3.27. The third-order valence-corrected chi connectivity index (χ3v) is 2.11. The van der Waals surface area contributed by atoms with Crippen molar-refractivity contribution in [3.8, 4) is 0 Å². The number of nitrogens with one attached hydrogen (secondary N) is 1. The average Bonchev–Trinajstić information content (AvgIpc) is 2.20. The molecule has 0 spiro atoms. The highest BCUT2D eigenvalue weighted by Gasteiger charge is 1.99. The molecule has 1 amide bonds. The Balaban J connectivity index is 2.18. The number of rotatable bonds is 6. The predicted octanol–water partition coefficient (Wildman–Crippen LogP) is 1.04. The molecule has 3 N–H and O–H groups in total. The summed E-state index contributed by atoms with van der Waals surface area (Å²) in [7, 11) is 0. The summed E-state index contributed by atoms with van der Waals surface area (Å²) in [6.45, 7) is 0. The Hall–Kier alpha value is -1.35. The fraction of sp³-hybridized carbons (Fsp3) is 0.364. The van der Waals surface area contributed by atoms with Gasteiger partial charge in [-0.25, -0.2) is 0 Å². The highest BCUT2D eigenvalue weighted by molar-refractivity contribution is 5.46. The van der Waals surface area contributed by atoms with E-state index in [0.717, 1.165) is 19.3 Å². The van der Waals surface area contributed by atoms with Crippen molar-refractivity contribution in [2.45, 2.75) is 25.4 Å². The number of amides is 1. The molecule has 76 valence electrons. The lowest BCUT2D eigenvalue weighted by Gasteiger charge is -2.09. The zero-order valence-electron chi connectivity index (χ0n) is 8.15. The Morgan fingerprint density at radius 2 is 2.07 bits per heavy atom. The van der Waals surface area contributed by atoms with Crippen LogP contribution in [-0.2, 0) is 11.2 Å². The lowest BCUT2D eigenvalue weighted by Crippen LogP contribution is -2.36. The molecule has 0 aliphatic heterocycles. The van der Waals surface area contributed by atoms with Crippen molar-refractivity contribution in [3.63, 3.8) is 0 Å². The number of benzene rings is 1. The van der Waals surface area contributed by atoms with E-state index in [9.17, 15) is 4.79 Å². The van der Waals surface area contributed by atoms with Gasteiger partial charge in [0.25, 0.3) is 0 Å². The van der Waals surface area contributed by atoms with Gasteiger partial charge in [0.05, 0.1) is 6.17 Å². The second kappa shape index (κ2) is 6.16. The van der Waals surface area contributed by atoms with Crippen molar-refractivity contribution in [3.05, 3.63) is 35.9 Å². The number of carbonyl (C=O) groups excluding carboxylic acids is 1. The van der Waals surface area contributed by atoms with Crippen LogP contribution in [-0.4, -0.2) is 12.6 Å². The molecule has 0 aromatic heterocycles. The van der Waals surface area contributed by atoms with Gasteiger partial charge in [-0.15, -0.1) is 0 Å². The molecule has 0 fully saturated rings. The van der Waals surface area contributed by atoms with E-state index in [4.69, 9.17) is 5.73 Å². The molecule has 1 unspecified atom stereocenters. The molecular weight excluding hydrogens is 176 g/mol. The zero-order chi connectivity index (χ0) is 10.2. The number of aryl methyl sites for hydroxylation is 1. The van der Waals surface area contributed by atoms with Crippen LogP contribution in [0.2, 0.25) is 0 Å². The van der Waals surface area contributed by atoms with Gasteiger partial charge in [0, 0.05) is 0 Å². The molecular formula is C11H16N2O. The van der Waals surface area contributed by atoms with Crippen molar-refractivity contribution >= 4 is 6.41 Å². The molecule has 0 saturated heterocycles. The first-order valence-electron chi connectivity index (χ1n) is 4.82. The van der Waals surface area contributed by atoms with Crippen LogP contribution < -0.4 is 11.1 Å². The molecule has 3 heteroatoms. The van der Waals surface area contributed by atoms with Crippen LogP contribution in [0.15, 0.2) is 30.3 Å². The highest BCUT2D eigenvalue weighted by Crippen LogP contribution is 2.04. The number of hydrogen-bond acceptors (Lipinski definition) is 2. The van der Waals surface area contributed by atoms with E-state index in [0.29, 0.717) is 6.41 Å². The summed E-state index contributed by atoms with van der Waals surface area (Å²) < 4.78 is 0. The molecule has 1 aromatic carbocycles. The molecule has 0 heterocycles. The van der Waals surface area contributed by atoms with Gasteiger partial charge < -0.3 is 11.1 Å². The van der Waals surface area contributed by atoms with Gasteiger partial charge >= 0.3 is 0 Å².